The third-order valence-electron chi connectivity index (χ3n) is 3.64. The number of aromatic nitrogens is 5. The first kappa shape index (κ1) is 15.0. The molecule has 0 spiro atoms. The van der Waals surface area contributed by atoms with E-state index in [0.717, 1.165) is 0 Å². The van der Waals surface area contributed by atoms with Gasteiger partial charge in [-0.25, -0.2) is 14.8 Å². The average molecular weight is 311 g/mol. The Morgan fingerprint density at radius 3 is 2.74 bits per heavy atom. The topological polar surface area (TPSA) is 74.7 Å². The zero-order chi connectivity index (χ0) is 16.6. The van der Waals surface area contributed by atoms with Crippen LogP contribution in [0.3, 0.4) is 0 Å². The summed E-state index contributed by atoms with van der Waals surface area (Å²) in [6.45, 7) is 7.58. The van der Waals surface area contributed by atoms with Gasteiger partial charge in [-0.3, -0.25) is 18.5 Å². The van der Waals surface area contributed by atoms with Gasteiger partial charge in [0.1, 0.15) is 12.1 Å². The second-order valence-corrected chi connectivity index (χ2v) is 5.48. The fraction of sp³-hybridized carbons (Fsp3) is 0.250. The van der Waals surface area contributed by atoms with Crippen LogP contribution in [0.1, 0.15) is 19.9 Å². The second kappa shape index (κ2) is 5.68. The molecule has 0 aliphatic carbocycles. The summed E-state index contributed by atoms with van der Waals surface area (Å²) < 4.78 is 4.50. The van der Waals surface area contributed by atoms with Crippen LogP contribution in [0.2, 0.25) is 0 Å². The van der Waals surface area contributed by atoms with Gasteiger partial charge >= 0.3 is 5.69 Å². The first-order valence-corrected chi connectivity index (χ1v) is 7.29. The first-order valence-electron chi connectivity index (χ1n) is 7.29. The van der Waals surface area contributed by atoms with E-state index in [9.17, 15) is 9.59 Å². The molecule has 3 rings (SSSR count). The second-order valence-electron chi connectivity index (χ2n) is 5.48. The number of fused-ring (bicyclic) bond motifs is 1. The summed E-state index contributed by atoms with van der Waals surface area (Å²) in [6.07, 6.45) is 8.05. The van der Waals surface area contributed by atoms with Crippen molar-refractivity contribution in [2.45, 2.75) is 26.4 Å². The minimum atomic E-state index is -0.355. The van der Waals surface area contributed by atoms with E-state index in [1.165, 1.54) is 16.8 Å². The number of hydrogen-bond donors (Lipinski definition) is 0. The van der Waals surface area contributed by atoms with Crippen molar-refractivity contribution in [2.75, 3.05) is 0 Å². The molecule has 0 N–H and O–H groups in total. The summed E-state index contributed by atoms with van der Waals surface area (Å²) in [7, 11) is 0. The van der Waals surface area contributed by atoms with Gasteiger partial charge < -0.3 is 0 Å². The largest absolute Gasteiger partial charge is 0.332 e. The van der Waals surface area contributed by atoms with Gasteiger partial charge in [0.25, 0.3) is 5.56 Å². The SMILES string of the molecule is C=CCn1c(=O)c2cnc(-n3ccnc3)cc2n(C(C)C)c1=O. The minimum absolute atomic E-state index is 0.0975. The Morgan fingerprint density at radius 1 is 1.35 bits per heavy atom. The number of hydrogen-bond acceptors (Lipinski definition) is 4. The molecule has 3 aromatic heterocycles. The number of imidazole rings is 1. The number of nitrogens with zero attached hydrogens (tertiary/aromatic N) is 5. The van der Waals surface area contributed by atoms with E-state index in [1.807, 2.05) is 13.8 Å². The predicted octanol–water partition coefficient (Wildman–Crippen LogP) is 1.51. The standard InChI is InChI=1S/C16H17N5O2/c1-4-6-20-15(22)12-9-18-14(19-7-5-17-10-19)8-13(12)21(11(2)3)16(20)23/h4-5,7-11H,1,6H2,2-3H3. The first-order chi connectivity index (χ1) is 11.0. The van der Waals surface area contributed by atoms with Crippen LogP contribution in [0.5, 0.6) is 0 Å². The van der Waals surface area contributed by atoms with E-state index >= 15 is 0 Å². The molecule has 0 atom stereocenters. The van der Waals surface area contributed by atoms with Crippen molar-refractivity contribution in [3.05, 3.63) is 64.5 Å². The lowest BCUT2D eigenvalue weighted by Crippen LogP contribution is -2.40. The molecule has 0 aliphatic heterocycles. The fourth-order valence-electron chi connectivity index (χ4n) is 2.59. The Morgan fingerprint density at radius 2 is 2.13 bits per heavy atom. The zero-order valence-electron chi connectivity index (χ0n) is 13.0. The molecule has 3 aromatic rings. The summed E-state index contributed by atoms with van der Waals surface area (Å²) in [5.41, 5.74) is -0.138. The molecule has 0 aromatic carbocycles. The molecule has 0 unspecified atom stereocenters. The van der Waals surface area contributed by atoms with Gasteiger partial charge in [-0.1, -0.05) is 6.08 Å². The van der Waals surface area contributed by atoms with Crippen molar-refractivity contribution < 1.29 is 0 Å². The smallest absolute Gasteiger partial charge is 0.290 e. The maximum atomic E-state index is 12.7. The van der Waals surface area contributed by atoms with Crippen molar-refractivity contribution in [1.29, 1.82) is 0 Å². The van der Waals surface area contributed by atoms with Gasteiger partial charge in [-0.15, -0.1) is 6.58 Å². The molecule has 7 heteroatoms. The fourth-order valence-corrected chi connectivity index (χ4v) is 2.59. The molecule has 0 saturated heterocycles. The van der Waals surface area contributed by atoms with Crippen LogP contribution in [0.25, 0.3) is 16.7 Å². The van der Waals surface area contributed by atoms with Crippen molar-refractivity contribution in [2.24, 2.45) is 0 Å². The van der Waals surface area contributed by atoms with Crippen LogP contribution in [-0.2, 0) is 6.54 Å². The third kappa shape index (κ3) is 2.40. The van der Waals surface area contributed by atoms with E-state index in [1.54, 1.807) is 33.9 Å². The van der Waals surface area contributed by atoms with Gasteiger partial charge in [-0.05, 0) is 13.8 Å². The van der Waals surface area contributed by atoms with Crippen LogP contribution >= 0.6 is 0 Å². The number of allylic oxidation sites excluding steroid dienone is 1. The molecule has 0 aliphatic rings. The normalized spacial score (nSPS) is 11.3. The highest BCUT2D eigenvalue weighted by Gasteiger charge is 2.15. The number of rotatable bonds is 4. The van der Waals surface area contributed by atoms with Crippen LogP contribution in [-0.4, -0.2) is 23.7 Å². The van der Waals surface area contributed by atoms with Gasteiger partial charge in [0.05, 0.1) is 10.9 Å². The molecule has 0 bridgehead atoms. The Kier molecular flexibility index (Phi) is 3.69. The predicted molar refractivity (Wildman–Crippen MR) is 88.0 cm³/mol. The monoisotopic (exact) mass is 311 g/mol. The van der Waals surface area contributed by atoms with Gasteiger partial charge in [-0.2, -0.15) is 0 Å². The lowest BCUT2D eigenvalue weighted by atomic mass is 10.2. The molecule has 23 heavy (non-hydrogen) atoms. The summed E-state index contributed by atoms with van der Waals surface area (Å²) in [6, 6.07) is 1.64. The molecule has 0 saturated carbocycles. The van der Waals surface area contributed by atoms with Gasteiger partial charge in [0, 0.05) is 37.2 Å². The highest BCUT2D eigenvalue weighted by Crippen LogP contribution is 2.15. The zero-order valence-corrected chi connectivity index (χ0v) is 13.0. The lowest BCUT2D eigenvalue weighted by molar-refractivity contribution is 0.545. The summed E-state index contributed by atoms with van der Waals surface area (Å²) >= 11 is 0. The maximum absolute atomic E-state index is 12.7. The molecule has 0 amide bonds. The molecular formula is C16H17N5O2. The van der Waals surface area contributed by atoms with Crippen molar-refractivity contribution >= 4 is 10.9 Å². The lowest BCUT2D eigenvalue weighted by Gasteiger charge is -2.16. The molecule has 3 heterocycles. The van der Waals surface area contributed by atoms with Gasteiger partial charge in [0.15, 0.2) is 0 Å². The summed E-state index contributed by atoms with van der Waals surface area (Å²) in [5, 5.41) is 0.406. The average Bonchev–Trinajstić information content (AvgIpc) is 3.05. The van der Waals surface area contributed by atoms with E-state index in [2.05, 4.69) is 16.5 Å². The molecule has 7 nitrogen and oxygen atoms in total. The van der Waals surface area contributed by atoms with Crippen molar-refractivity contribution in [3.63, 3.8) is 0 Å². The minimum Gasteiger partial charge on any atom is -0.290 e. The Hall–Kier alpha value is -2.96. The Bertz CT molecular complexity index is 980. The number of pyridine rings is 1. The quantitative estimate of drug-likeness (QED) is 0.685. The Labute approximate surface area is 132 Å². The van der Waals surface area contributed by atoms with Crippen LogP contribution in [0.15, 0.2) is 53.2 Å². The molecule has 0 radical (unpaired) electrons. The molecular weight excluding hydrogens is 294 g/mol. The van der Waals surface area contributed by atoms with Gasteiger partial charge in [0.2, 0.25) is 0 Å². The van der Waals surface area contributed by atoms with Crippen molar-refractivity contribution in [1.82, 2.24) is 23.7 Å². The van der Waals surface area contributed by atoms with E-state index in [-0.39, 0.29) is 23.8 Å². The summed E-state index contributed by atoms with van der Waals surface area (Å²) in [5.74, 6) is 0.602. The van der Waals surface area contributed by atoms with E-state index in [0.29, 0.717) is 16.7 Å². The highest BCUT2D eigenvalue weighted by molar-refractivity contribution is 5.78. The van der Waals surface area contributed by atoms with E-state index in [4.69, 9.17) is 0 Å². The van der Waals surface area contributed by atoms with E-state index < -0.39 is 0 Å². The highest BCUT2D eigenvalue weighted by atomic mass is 16.2. The van der Waals surface area contributed by atoms with Crippen LogP contribution in [0.4, 0.5) is 0 Å². The van der Waals surface area contributed by atoms with Crippen molar-refractivity contribution in [3.8, 4) is 5.82 Å². The van der Waals surface area contributed by atoms with Crippen LogP contribution < -0.4 is 11.2 Å². The Balaban J connectivity index is 2.41. The maximum Gasteiger partial charge on any atom is 0.332 e. The molecule has 118 valence electrons. The third-order valence-corrected chi connectivity index (χ3v) is 3.64. The molecule has 0 fully saturated rings. The summed E-state index contributed by atoms with van der Waals surface area (Å²) in [4.78, 5) is 33.5. The van der Waals surface area contributed by atoms with Crippen LogP contribution in [0, 0.1) is 0 Å².